The summed E-state index contributed by atoms with van der Waals surface area (Å²) in [7, 11) is 0. The molecule has 0 radical (unpaired) electrons. The third-order valence-electron chi connectivity index (χ3n) is 2.95. The maximum absolute atomic E-state index is 12.2. The van der Waals surface area contributed by atoms with E-state index in [1.165, 1.54) is 6.39 Å². The summed E-state index contributed by atoms with van der Waals surface area (Å²) in [6.45, 7) is 1.80. The van der Waals surface area contributed by atoms with Gasteiger partial charge in [0.25, 0.3) is 5.91 Å². The summed E-state index contributed by atoms with van der Waals surface area (Å²) in [5.74, 6) is 0.281. The van der Waals surface area contributed by atoms with Gasteiger partial charge in [-0.3, -0.25) is 4.79 Å². The predicted molar refractivity (Wildman–Crippen MR) is 68.5 cm³/mol. The van der Waals surface area contributed by atoms with Gasteiger partial charge in [-0.05, 0) is 13.0 Å². The molecule has 1 unspecified atom stereocenters. The number of H-pyrrole nitrogens is 1. The first-order valence-corrected chi connectivity index (χ1v) is 5.89. The van der Waals surface area contributed by atoms with E-state index in [0.29, 0.717) is 11.4 Å². The van der Waals surface area contributed by atoms with Gasteiger partial charge in [0.2, 0.25) is 6.39 Å². The van der Waals surface area contributed by atoms with Gasteiger partial charge in [0.1, 0.15) is 0 Å². The highest BCUT2D eigenvalue weighted by Gasteiger charge is 2.17. The number of para-hydroxylation sites is 1. The van der Waals surface area contributed by atoms with Crippen LogP contribution in [0.2, 0.25) is 0 Å². The number of nitrogens with zero attached hydrogens (tertiary/aromatic N) is 2. The van der Waals surface area contributed by atoms with E-state index in [9.17, 15) is 4.79 Å². The average Bonchev–Trinajstić information content (AvgIpc) is 3.08. The van der Waals surface area contributed by atoms with Crippen LogP contribution in [-0.4, -0.2) is 21.0 Å². The molecule has 1 amide bonds. The molecule has 2 heterocycles. The largest absolute Gasteiger partial charge is 0.360 e. The summed E-state index contributed by atoms with van der Waals surface area (Å²) in [4.78, 5) is 19.2. The topological polar surface area (TPSA) is 83.8 Å². The fraction of sp³-hybridized carbons (Fsp3) is 0.154. The lowest BCUT2D eigenvalue weighted by molar-refractivity contribution is 0.0939. The predicted octanol–water partition coefficient (Wildman–Crippen LogP) is 2.04. The second kappa shape index (κ2) is 4.56. The number of carbonyl (C=O) groups is 1. The van der Waals surface area contributed by atoms with E-state index < -0.39 is 0 Å². The molecule has 0 aliphatic carbocycles. The summed E-state index contributed by atoms with van der Waals surface area (Å²) in [5.41, 5.74) is 1.53. The third kappa shape index (κ3) is 2.08. The quantitative estimate of drug-likeness (QED) is 0.751. The zero-order valence-corrected chi connectivity index (χ0v) is 10.3. The smallest absolute Gasteiger partial charge is 0.254 e. The molecule has 1 atom stereocenters. The number of benzene rings is 1. The lowest BCUT2D eigenvalue weighted by Gasteiger charge is -2.09. The number of fused-ring (bicyclic) bond motifs is 1. The van der Waals surface area contributed by atoms with Gasteiger partial charge in [0, 0.05) is 17.1 Å². The number of aromatic amines is 1. The van der Waals surface area contributed by atoms with E-state index >= 15 is 0 Å². The Kier molecular flexibility index (Phi) is 2.75. The molecule has 0 saturated carbocycles. The highest BCUT2D eigenvalue weighted by atomic mass is 16.5. The van der Waals surface area contributed by atoms with Gasteiger partial charge in [0.15, 0.2) is 5.82 Å². The summed E-state index contributed by atoms with van der Waals surface area (Å²) >= 11 is 0. The van der Waals surface area contributed by atoms with E-state index in [1.54, 1.807) is 13.1 Å². The molecule has 1 aromatic carbocycles. The molecular weight excluding hydrogens is 244 g/mol. The van der Waals surface area contributed by atoms with Crippen LogP contribution in [0.4, 0.5) is 0 Å². The standard InChI is InChI=1S/C13H12N4O2/c1-8(12-15-7-19-17-12)16-13(18)10-6-14-11-5-3-2-4-9(10)11/h2-8,14H,1H3,(H,16,18). The second-order valence-electron chi connectivity index (χ2n) is 4.23. The first-order valence-electron chi connectivity index (χ1n) is 5.89. The van der Waals surface area contributed by atoms with E-state index in [2.05, 4.69) is 25.0 Å². The van der Waals surface area contributed by atoms with Gasteiger partial charge in [-0.2, -0.15) is 4.98 Å². The normalized spacial score (nSPS) is 12.5. The van der Waals surface area contributed by atoms with Crippen LogP contribution in [0.15, 0.2) is 41.4 Å². The van der Waals surface area contributed by atoms with Crippen molar-refractivity contribution < 1.29 is 9.32 Å². The molecule has 3 rings (SSSR count). The lowest BCUT2D eigenvalue weighted by Crippen LogP contribution is -2.27. The van der Waals surface area contributed by atoms with Crippen molar-refractivity contribution in [1.29, 1.82) is 0 Å². The van der Waals surface area contributed by atoms with Crippen molar-refractivity contribution in [3.05, 3.63) is 48.2 Å². The van der Waals surface area contributed by atoms with Crippen LogP contribution in [0, 0.1) is 0 Å². The van der Waals surface area contributed by atoms with Gasteiger partial charge >= 0.3 is 0 Å². The van der Waals surface area contributed by atoms with Crippen LogP contribution in [0.25, 0.3) is 10.9 Å². The minimum atomic E-state index is -0.306. The SMILES string of the molecule is CC(NC(=O)c1c[nH]c2ccccc12)c1ncon1. The third-order valence-corrected chi connectivity index (χ3v) is 2.95. The molecule has 19 heavy (non-hydrogen) atoms. The van der Waals surface area contributed by atoms with Gasteiger partial charge in [-0.1, -0.05) is 23.4 Å². The lowest BCUT2D eigenvalue weighted by atomic mass is 10.1. The fourth-order valence-electron chi connectivity index (χ4n) is 1.97. The van der Waals surface area contributed by atoms with E-state index in [-0.39, 0.29) is 11.9 Å². The van der Waals surface area contributed by atoms with Gasteiger partial charge < -0.3 is 14.8 Å². The Labute approximate surface area is 108 Å². The van der Waals surface area contributed by atoms with Crippen molar-refractivity contribution in [3.63, 3.8) is 0 Å². The highest BCUT2D eigenvalue weighted by Crippen LogP contribution is 2.18. The van der Waals surface area contributed by atoms with Crippen molar-refractivity contribution in [1.82, 2.24) is 20.4 Å². The van der Waals surface area contributed by atoms with Crippen LogP contribution in [-0.2, 0) is 0 Å². The summed E-state index contributed by atoms with van der Waals surface area (Å²) in [5, 5.41) is 7.43. The zero-order chi connectivity index (χ0) is 13.2. The number of hydrogen-bond donors (Lipinski definition) is 2. The Morgan fingerprint density at radius 2 is 2.26 bits per heavy atom. The Morgan fingerprint density at radius 1 is 1.42 bits per heavy atom. The van der Waals surface area contributed by atoms with Crippen LogP contribution < -0.4 is 5.32 Å². The maximum Gasteiger partial charge on any atom is 0.254 e. The molecule has 6 nitrogen and oxygen atoms in total. The number of nitrogens with one attached hydrogen (secondary N) is 2. The van der Waals surface area contributed by atoms with Crippen molar-refractivity contribution in [3.8, 4) is 0 Å². The molecule has 0 spiro atoms. The Morgan fingerprint density at radius 3 is 3.05 bits per heavy atom. The Bertz CT molecular complexity index is 702. The molecule has 2 aromatic heterocycles. The average molecular weight is 256 g/mol. The van der Waals surface area contributed by atoms with E-state index in [0.717, 1.165) is 10.9 Å². The summed E-state index contributed by atoms with van der Waals surface area (Å²) < 4.78 is 4.66. The number of carbonyl (C=O) groups excluding carboxylic acids is 1. The zero-order valence-electron chi connectivity index (χ0n) is 10.3. The fourth-order valence-corrected chi connectivity index (χ4v) is 1.97. The van der Waals surface area contributed by atoms with Crippen molar-refractivity contribution >= 4 is 16.8 Å². The second-order valence-corrected chi connectivity index (χ2v) is 4.23. The minimum Gasteiger partial charge on any atom is -0.360 e. The van der Waals surface area contributed by atoms with E-state index in [4.69, 9.17) is 0 Å². The van der Waals surface area contributed by atoms with Gasteiger partial charge in [-0.15, -0.1) is 0 Å². The molecule has 0 aliphatic rings. The first-order chi connectivity index (χ1) is 9.25. The molecule has 0 saturated heterocycles. The molecule has 0 aliphatic heterocycles. The van der Waals surface area contributed by atoms with Crippen LogP contribution in [0.5, 0.6) is 0 Å². The monoisotopic (exact) mass is 256 g/mol. The van der Waals surface area contributed by atoms with Crippen molar-refractivity contribution in [2.24, 2.45) is 0 Å². The van der Waals surface area contributed by atoms with E-state index in [1.807, 2.05) is 24.3 Å². The Balaban J connectivity index is 1.84. The first kappa shape index (κ1) is 11.5. The van der Waals surface area contributed by atoms with Gasteiger partial charge in [0.05, 0.1) is 11.6 Å². The molecule has 0 bridgehead atoms. The molecule has 0 fully saturated rings. The Hall–Kier alpha value is -2.63. The van der Waals surface area contributed by atoms with Gasteiger partial charge in [-0.25, -0.2) is 0 Å². The maximum atomic E-state index is 12.2. The highest BCUT2D eigenvalue weighted by molar-refractivity contribution is 6.06. The van der Waals surface area contributed by atoms with Crippen LogP contribution in [0.1, 0.15) is 29.1 Å². The molecule has 96 valence electrons. The molecule has 2 N–H and O–H groups in total. The minimum absolute atomic E-state index is 0.172. The van der Waals surface area contributed by atoms with Crippen LogP contribution in [0.3, 0.4) is 0 Å². The summed E-state index contributed by atoms with van der Waals surface area (Å²) in [6, 6.07) is 7.34. The van der Waals surface area contributed by atoms with Crippen LogP contribution >= 0.6 is 0 Å². The molecule has 6 heteroatoms. The van der Waals surface area contributed by atoms with Crippen molar-refractivity contribution in [2.75, 3.05) is 0 Å². The summed E-state index contributed by atoms with van der Waals surface area (Å²) in [6.07, 6.45) is 2.94. The number of rotatable bonds is 3. The number of amides is 1. The molecular formula is C13H12N4O2. The molecule has 3 aromatic rings. The number of hydrogen-bond acceptors (Lipinski definition) is 4. The van der Waals surface area contributed by atoms with Crippen molar-refractivity contribution in [2.45, 2.75) is 13.0 Å². The number of aromatic nitrogens is 3.